The Kier molecular flexibility index (Phi) is 4.07. The van der Waals surface area contributed by atoms with E-state index in [1.54, 1.807) is 17.0 Å². The van der Waals surface area contributed by atoms with Crippen LogP contribution in [0.2, 0.25) is 5.02 Å². The van der Waals surface area contributed by atoms with Gasteiger partial charge in [0.2, 0.25) is 0 Å². The molecular formula is C16H17ClN4O. The number of nitrogens with zero attached hydrogens (tertiary/aromatic N) is 4. The molecular weight excluding hydrogens is 300 g/mol. The topological polar surface area (TPSA) is 59.0 Å². The van der Waals surface area contributed by atoms with Crippen LogP contribution in [-0.2, 0) is 19.5 Å². The second kappa shape index (κ2) is 6.01. The van der Waals surface area contributed by atoms with Gasteiger partial charge >= 0.3 is 0 Å². The average molecular weight is 317 g/mol. The average Bonchev–Trinajstić information content (AvgIpc) is 2.90. The third-order valence-electron chi connectivity index (χ3n) is 3.53. The lowest BCUT2D eigenvalue weighted by Gasteiger charge is -2.14. The second-order valence-corrected chi connectivity index (χ2v) is 6.32. The predicted molar refractivity (Wildman–Crippen MR) is 83.4 cm³/mol. The van der Waals surface area contributed by atoms with E-state index >= 15 is 0 Å². The first-order valence-corrected chi connectivity index (χ1v) is 7.65. The van der Waals surface area contributed by atoms with E-state index in [4.69, 9.17) is 11.6 Å². The van der Waals surface area contributed by atoms with Crippen molar-refractivity contribution in [3.63, 3.8) is 0 Å². The molecule has 0 aliphatic carbocycles. The smallest absolute Gasteiger partial charge is 0.273 e. The monoisotopic (exact) mass is 316 g/mol. The molecule has 1 amide bonds. The Bertz CT molecular complexity index is 700. The Morgan fingerprint density at radius 3 is 2.77 bits per heavy atom. The lowest BCUT2D eigenvalue weighted by molar-refractivity contribution is 0.0744. The van der Waals surface area contributed by atoms with Gasteiger partial charge < -0.3 is 4.90 Å². The Morgan fingerprint density at radius 2 is 2.09 bits per heavy atom. The Balaban J connectivity index is 1.76. The van der Waals surface area contributed by atoms with E-state index in [2.05, 4.69) is 28.8 Å². The molecule has 0 saturated carbocycles. The molecule has 0 aromatic carbocycles. The van der Waals surface area contributed by atoms with Crippen LogP contribution in [0, 0.1) is 5.92 Å². The summed E-state index contributed by atoms with van der Waals surface area (Å²) in [5.74, 6) is 1.24. The minimum Gasteiger partial charge on any atom is -0.327 e. The van der Waals surface area contributed by atoms with Crippen molar-refractivity contribution >= 4 is 17.5 Å². The van der Waals surface area contributed by atoms with Crippen molar-refractivity contribution in [3.05, 3.63) is 52.3 Å². The van der Waals surface area contributed by atoms with Crippen molar-refractivity contribution in [2.45, 2.75) is 33.4 Å². The summed E-state index contributed by atoms with van der Waals surface area (Å²) >= 11 is 5.80. The molecule has 0 unspecified atom stereocenters. The van der Waals surface area contributed by atoms with Gasteiger partial charge in [0.05, 0.1) is 17.3 Å². The number of aromatic nitrogens is 3. The standard InChI is InChI=1S/C16H17ClN4O/c1-10(2)5-15-19-6-11-8-21(9-14(11)20-15)16(22)13-4-3-12(17)7-18-13/h3-4,6-7,10H,5,8-9H2,1-2H3. The number of hydrogen-bond acceptors (Lipinski definition) is 4. The van der Waals surface area contributed by atoms with Gasteiger partial charge in [0.25, 0.3) is 5.91 Å². The molecule has 3 heterocycles. The summed E-state index contributed by atoms with van der Waals surface area (Å²) in [6, 6.07) is 3.31. The molecule has 2 aromatic heterocycles. The van der Waals surface area contributed by atoms with E-state index in [0.29, 0.717) is 29.7 Å². The number of halogens is 1. The van der Waals surface area contributed by atoms with Crippen molar-refractivity contribution in [2.24, 2.45) is 5.92 Å². The summed E-state index contributed by atoms with van der Waals surface area (Å²) in [4.78, 5) is 27.2. The molecule has 1 aliphatic heterocycles. The molecule has 5 nitrogen and oxygen atoms in total. The van der Waals surface area contributed by atoms with Crippen molar-refractivity contribution in [3.8, 4) is 0 Å². The predicted octanol–water partition coefficient (Wildman–Crippen LogP) is 2.88. The van der Waals surface area contributed by atoms with Gasteiger partial charge in [0, 0.05) is 30.9 Å². The molecule has 6 heteroatoms. The zero-order valence-corrected chi connectivity index (χ0v) is 13.3. The van der Waals surface area contributed by atoms with Gasteiger partial charge in [-0.1, -0.05) is 25.4 Å². The lowest BCUT2D eigenvalue weighted by atomic mass is 10.1. The van der Waals surface area contributed by atoms with Gasteiger partial charge in [-0.25, -0.2) is 15.0 Å². The first-order chi connectivity index (χ1) is 10.5. The third kappa shape index (κ3) is 3.09. The molecule has 0 spiro atoms. The SMILES string of the molecule is CC(C)Cc1ncc2c(n1)CN(C(=O)c1ccc(Cl)cn1)C2. The number of rotatable bonds is 3. The van der Waals surface area contributed by atoms with E-state index in [1.165, 1.54) is 6.20 Å². The Hall–Kier alpha value is -2.01. The second-order valence-electron chi connectivity index (χ2n) is 5.88. The summed E-state index contributed by atoms with van der Waals surface area (Å²) in [5.41, 5.74) is 2.34. The molecule has 3 rings (SSSR count). The molecule has 0 bridgehead atoms. The number of hydrogen-bond donors (Lipinski definition) is 0. The van der Waals surface area contributed by atoms with Gasteiger partial charge in [-0.2, -0.15) is 0 Å². The maximum atomic E-state index is 12.5. The van der Waals surface area contributed by atoms with E-state index in [0.717, 1.165) is 23.5 Å². The lowest BCUT2D eigenvalue weighted by Crippen LogP contribution is -2.26. The normalized spacial score (nSPS) is 13.5. The third-order valence-corrected chi connectivity index (χ3v) is 3.75. The van der Waals surface area contributed by atoms with Gasteiger partial charge in [-0.3, -0.25) is 4.79 Å². The van der Waals surface area contributed by atoms with Crippen LogP contribution in [0.15, 0.2) is 24.5 Å². The number of amides is 1. The van der Waals surface area contributed by atoms with Crippen molar-refractivity contribution in [1.82, 2.24) is 19.9 Å². The van der Waals surface area contributed by atoms with Crippen LogP contribution in [0.5, 0.6) is 0 Å². The number of carbonyl (C=O) groups is 1. The van der Waals surface area contributed by atoms with Gasteiger partial charge in [-0.05, 0) is 18.1 Å². The zero-order valence-electron chi connectivity index (χ0n) is 12.6. The van der Waals surface area contributed by atoms with E-state index in [9.17, 15) is 4.79 Å². The van der Waals surface area contributed by atoms with Gasteiger partial charge in [0.15, 0.2) is 0 Å². The fourth-order valence-corrected chi connectivity index (χ4v) is 2.58. The highest BCUT2D eigenvalue weighted by atomic mass is 35.5. The highest BCUT2D eigenvalue weighted by molar-refractivity contribution is 6.30. The molecule has 0 saturated heterocycles. The molecule has 0 N–H and O–H groups in total. The molecule has 0 atom stereocenters. The molecule has 114 valence electrons. The van der Waals surface area contributed by atoms with Crippen LogP contribution in [0.3, 0.4) is 0 Å². The molecule has 22 heavy (non-hydrogen) atoms. The number of pyridine rings is 1. The van der Waals surface area contributed by atoms with Crippen LogP contribution in [0.1, 0.15) is 41.4 Å². The first-order valence-electron chi connectivity index (χ1n) is 7.27. The number of carbonyl (C=O) groups excluding carboxylic acids is 1. The number of fused-ring (bicyclic) bond motifs is 1. The molecule has 1 aliphatic rings. The Morgan fingerprint density at radius 1 is 1.27 bits per heavy atom. The summed E-state index contributed by atoms with van der Waals surface area (Å²) in [5, 5.41) is 0.519. The molecule has 0 radical (unpaired) electrons. The maximum Gasteiger partial charge on any atom is 0.273 e. The van der Waals surface area contributed by atoms with Gasteiger partial charge in [0.1, 0.15) is 11.5 Å². The first kappa shape index (κ1) is 14.9. The summed E-state index contributed by atoms with van der Waals surface area (Å²) in [7, 11) is 0. The minimum absolute atomic E-state index is 0.111. The van der Waals surface area contributed by atoms with Crippen LogP contribution >= 0.6 is 11.6 Å². The Labute approximate surface area is 134 Å². The quantitative estimate of drug-likeness (QED) is 0.873. The maximum absolute atomic E-state index is 12.5. The zero-order chi connectivity index (χ0) is 15.7. The van der Waals surface area contributed by atoms with Crippen LogP contribution < -0.4 is 0 Å². The largest absolute Gasteiger partial charge is 0.327 e. The van der Waals surface area contributed by atoms with Gasteiger partial charge in [-0.15, -0.1) is 0 Å². The molecule has 2 aromatic rings. The van der Waals surface area contributed by atoms with Crippen LogP contribution in [-0.4, -0.2) is 25.8 Å². The van der Waals surface area contributed by atoms with E-state index in [-0.39, 0.29) is 5.91 Å². The molecule has 0 fully saturated rings. The van der Waals surface area contributed by atoms with Crippen LogP contribution in [0.4, 0.5) is 0 Å². The fraction of sp³-hybridized carbons (Fsp3) is 0.375. The van der Waals surface area contributed by atoms with E-state index < -0.39 is 0 Å². The minimum atomic E-state index is -0.111. The van der Waals surface area contributed by atoms with Crippen molar-refractivity contribution < 1.29 is 4.79 Å². The summed E-state index contributed by atoms with van der Waals surface area (Å²) < 4.78 is 0. The van der Waals surface area contributed by atoms with Crippen molar-refractivity contribution in [2.75, 3.05) is 0 Å². The fourth-order valence-electron chi connectivity index (χ4n) is 2.47. The van der Waals surface area contributed by atoms with E-state index in [1.807, 2.05) is 6.20 Å². The highest BCUT2D eigenvalue weighted by Crippen LogP contribution is 2.22. The summed E-state index contributed by atoms with van der Waals surface area (Å²) in [6.07, 6.45) is 4.17. The van der Waals surface area contributed by atoms with Crippen molar-refractivity contribution in [1.29, 1.82) is 0 Å². The summed E-state index contributed by atoms with van der Waals surface area (Å²) in [6.45, 7) is 5.31. The van der Waals surface area contributed by atoms with Crippen LogP contribution in [0.25, 0.3) is 0 Å². The highest BCUT2D eigenvalue weighted by Gasteiger charge is 2.26.